The van der Waals surface area contributed by atoms with Crippen LogP contribution in [0.2, 0.25) is 0 Å². The van der Waals surface area contributed by atoms with Gasteiger partial charge in [0.2, 0.25) is 6.41 Å². The smallest absolute Gasteiger partial charge is 0.318 e. The molecule has 0 aromatic rings. The summed E-state index contributed by atoms with van der Waals surface area (Å²) in [4.78, 5) is 21.9. The predicted molar refractivity (Wildman–Crippen MR) is 90.7 cm³/mol. The maximum atomic E-state index is 11.9. The normalized spacial score (nSPS) is 17.3. The Balaban J connectivity index is 2.16. The molecule has 1 aliphatic carbocycles. The quantitative estimate of drug-likeness (QED) is 0.281. The maximum absolute atomic E-state index is 11.9. The van der Waals surface area contributed by atoms with Crippen LogP contribution < -0.4 is 16.0 Å². The van der Waals surface area contributed by atoms with E-state index < -0.39 is 6.10 Å². The van der Waals surface area contributed by atoms with E-state index in [1.807, 2.05) is 6.08 Å². The van der Waals surface area contributed by atoms with Crippen LogP contribution in [0, 0.1) is 5.92 Å². The second-order valence-corrected chi connectivity index (χ2v) is 6.12. The highest BCUT2D eigenvalue weighted by Crippen LogP contribution is 2.23. The summed E-state index contributed by atoms with van der Waals surface area (Å²) in [5.74, 6) is 0.354. The molecule has 6 nitrogen and oxygen atoms in total. The predicted octanol–water partition coefficient (Wildman–Crippen LogP) is 1.82. The highest BCUT2D eigenvalue weighted by molar-refractivity contribution is 5.76. The molecule has 23 heavy (non-hydrogen) atoms. The lowest BCUT2D eigenvalue weighted by Gasteiger charge is -2.21. The average Bonchev–Trinajstić information content (AvgIpc) is 2.49. The molecule has 1 rings (SSSR count). The Morgan fingerprint density at radius 2 is 1.96 bits per heavy atom. The van der Waals surface area contributed by atoms with E-state index in [0.29, 0.717) is 31.8 Å². The van der Waals surface area contributed by atoms with Crippen LogP contribution >= 0.6 is 0 Å². The first-order chi connectivity index (χ1) is 11.0. The van der Waals surface area contributed by atoms with E-state index in [9.17, 15) is 14.7 Å². The van der Waals surface area contributed by atoms with Gasteiger partial charge in [-0.05, 0) is 24.8 Å². The second-order valence-electron chi connectivity index (χ2n) is 6.12. The highest BCUT2D eigenvalue weighted by Gasteiger charge is 2.16. The van der Waals surface area contributed by atoms with Crippen molar-refractivity contribution in [1.82, 2.24) is 16.0 Å². The number of aliphatic hydroxyl groups is 1. The molecule has 0 radical (unpaired) electrons. The molecule has 0 spiro atoms. The van der Waals surface area contributed by atoms with E-state index in [1.54, 1.807) is 6.08 Å². The van der Waals surface area contributed by atoms with Crippen molar-refractivity contribution in [3.05, 3.63) is 23.4 Å². The zero-order valence-electron chi connectivity index (χ0n) is 14.1. The lowest BCUT2D eigenvalue weighted by molar-refractivity contribution is -0.109. The maximum Gasteiger partial charge on any atom is 0.318 e. The van der Waals surface area contributed by atoms with Crippen LogP contribution in [0.5, 0.6) is 0 Å². The van der Waals surface area contributed by atoms with Gasteiger partial charge >= 0.3 is 6.03 Å². The molecule has 4 N–H and O–H groups in total. The minimum atomic E-state index is -0.628. The molecule has 1 atom stereocenters. The number of rotatable bonds is 10. The zero-order chi connectivity index (χ0) is 17.1. The summed E-state index contributed by atoms with van der Waals surface area (Å²) in [6, 6.07) is -0.226. The van der Waals surface area contributed by atoms with Gasteiger partial charge in [-0.1, -0.05) is 38.3 Å². The van der Waals surface area contributed by atoms with Gasteiger partial charge in [0.15, 0.2) is 0 Å². The van der Waals surface area contributed by atoms with E-state index in [-0.39, 0.29) is 6.03 Å². The van der Waals surface area contributed by atoms with Crippen molar-refractivity contribution in [2.24, 2.45) is 5.92 Å². The van der Waals surface area contributed by atoms with E-state index in [0.717, 1.165) is 37.0 Å². The molecule has 0 bridgehead atoms. The van der Waals surface area contributed by atoms with Crippen LogP contribution in [0.15, 0.2) is 23.4 Å². The van der Waals surface area contributed by atoms with Gasteiger partial charge in [-0.15, -0.1) is 0 Å². The van der Waals surface area contributed by atoms with Gasteiger partial charge in [0.05, 0.1) is 6.10 Å². The minimum Gasteiger partial charge on any atom is -0.385 e. The van der Waals surface area contributed by atoms with Crippen LogP contribution in [-0.4, -0.2) is 36.7 Å². The van der Waals surface area contributed by atoms with Crippen LogP contribution in [0.4, 0.5) is 4.79 Å². The Hall–Kier alpha value is -1.82. The van der Waals surface area contributed by atoms with Crippen molar-refractivity contribution in [3.8, 4) is 0 Å². The number of carbonyl (C=O) groups is 2. The summed E-state index contributed by atoms with van der Waals surface area (Å²) in [7, 11) is 0. The van der Waals surface area contributed by atoms with Crippen molar-refractivity contribution in [3.63, 3.8) is 0 Å². The highest BCUT2D eigenvalue weighted by atomic mass is 16.3. The minimum absolute atomic E-state index is 0.226. The number of carbonyl (C=O) groups excluding carboxylic acids is 2. The number of hydrogen-bond donors (Lipinski definition) is 4. The summed E-state index contributed by atoms with van der Waals surface area (Å²) in [6.45, 7) is 5.48. The molecule has 1 unspecified atom stereocenters. The Labute approximate surface area is 138 Å². The molecule has 6 heteroatoms. The molecule has 0 heterocycles. The molecule has 0 fully saturated rings. The third kappa shape index (κ3) is 8.40. The third-order valence-electron chi connectivity index (χ3n) is 3.78. The summed E-state index contributed by atoms with van der Waals surface area (Å²) in [6.07, 6.45) is 8.18. The fourth-order valence-electron chi connectivity index (χ4n) is 2.45. The van der Waals surface area contributed by atoms with E-state index in [4.69, 9.17) is 0 Å². The molecule has 130 valence electrons. The van der Waals surface area contributed by atoms with Crippen LogP contribution in [0.3, 0.4) is 0 Å². The molecular formula is C17H29N3O3. The van der Waals surface area contributed by atoms with Gasteiger partial charge in [0.25, 0.3) is 0 Å². The summed E-state index contributed by atoms with van der Waals surface area (Å²) >= 11 is 0. The van der Waals surface area contributed by atoms with Crippen LogP contribution in [0.1, 0.15) is 46.0 Å². The summed E-state index contributed by atoms with van der Waals surface area (Å²) in [5, 5.41) is 18.1. The first-order valence-electron chi connectivity index (χ1n) is 8.34. The van der Waals surface area contributed by atoms with Gasteiger partial charge < -0.3 is 21.1 Å². The number of allylic oxidation sites excluding steroid dienone is 1. The van der Waals surface area contributed by atoms with E-state index in [2.05, 4.69) is 29.8 Å². The SMILES string of the molecule is CC(C)C1=CC(O)C=C(NC(=O)NCCCCCCNC=O)C1. The largest absolute Gasteiger partial charge is 0.385 e. The lowest BCUT2D eigenvalue weighted by Crippen LogP contribution is -2.36. The summed E-state index contributed by atoms with van der Waals surface area (Å²) < 4.78 is 0. The number of urea groups is 1. The second kappa shape index (κ2) is 10.8. The topological polar surface area (TPSA) is 90.5 Å². The Morgan fingerprint density at radius 1 is 1.26 bits per heavy atom. The van der Waals surface area contributed by atoms with E-state index >= 15 is 0 Å². The first-order valence-corrected chi connectivity index (χ1v) is 8.34. The average molecular weight is 323 g/mol. The van der Waals surface area contributed by atoms with Crippen molar-refractivity contribution >= 4 is 12.4 Å². The van der Waals surface area contributed by atoms with Crippen molar-refractivity contribution < 1.29 is 14.7 Å². The first kappa shape index (κ1) is 19.2. The fraction of sp³-hybridized carbons (Fsp3) is 0.647. The summed E-state index contributed by atoms with van der Waals surface area (Å²) in [5.41, 5.74) is 1.89. The lowest BCUT2D eigenvalue weighted by atomic mass is 9.92. The number of hydrogen-bond acceptors (Lipinski definition) is 3. The molecule has 0 aliphatic heterocycles. The number of unbranched alkanes of at least 4 members (excludes halogenated alkanes) is 3. The Morgan fingerprint density at radius 3 is 2.61 bits per heavy atom. The monoisotopic (exact) mass is 323 g/mol. The number of aliphatic hydroxyl groups excluding tert-OH is 1. The molecule has 0 saturated carbocycles. The molecule has 1 aliphatic rings. The van der Waals surface area contributed by atoms with Gasteiger partial charge in [-0.25, -0.2) is 4.79 Å². The molecule has 0 saturated heterocycles. The van der Waals surface area contributed by atoms with E-state index in [1.165, 1.54) is 0 Å². The fourth-order valence-corrected chi connectivity index (χ4v) is 2.45. The molecule has 3 amide bonds. The zero-order valence-corrected chi connectivity index (χ0v) is 14.1. The Bertz CT molecular complexity index is 444. The van der Waals surface area contributed by atoms with Gasteiger partial charge in [0.1, 0.15) is 0 Å². The number of nitrogens with one attached hydrogen (secondary N) is 3. The van der Waals surface area contributed by atoms with Gasteiger partial charge in [-0.2, -0.15) is 0 Å². The molecular weight excluding hydrogens is 294 g/mol. The van der Waals surface area contributed by atoms with Crippen LogP contribution in [-0.2, 0) is 4.79 Å². The van der Waals surface area contributed by atoms with Crippen molar-refractivity contribution in [1.29, 1.82) is 0 Å². The van der Waals surface area contributed by atoms with Crippen molar-refractivity contribution in [2.45, 2.75) is 52.1 Å². The molecule has 0 aromatic carbocycles. The van der Waals surface area contributed by atoms with Gasteiger partial charge in [0, 0.05) is 25.2 Å². The molecule has 0 aromatic heterocycles. The third-order valence-corrected chi connectivity index (χ3v) is 3.78. The van der Waals surface area contributed by atoms with Crippen LogP contribution in [0.25, 0.3) is 0 Å². The van der Waals surface area contributed by atoms with Crippen molar-refractivity contribution in [2.75, 3.05) is 13.1 Å². The number of amides is 3. The standard InChI is InChI=1S/C17H29N3O3/c1-13(2)14-9-15(11-16(22)10-14)20-17(23)19-8-6-4-3-5-7-18-12-21/h10-13,16,22H,3-9H2,1-2H3,(H,18,21)(H2,19,20,23). The Kier molecular flexibility index (Phi) is 9.05. The van der Waals surface area contributed by atoms with Gasteiger partial charge in [-0.3, -0.25) is 4.79 Å².